The van der Waals surface area contributed by atoms with Crippen LogP contribution in [0.5, 0.6) is 0 Å². The van der Waals surface area contributed by atoms with Crippen LogP contribution in [-0.2, 0) is 11.3 Å². The second kappa shape index (κ2) is 7.32. The molecule has 132 valence electrons. The van der Waals surface area contributed by atoms with Crippen molar-refractivity contribution >= 4 is 37.8 Å². The fourth-order valence-electron chi connectivity index (χ4n) is 3.09. The predicted molar refractivity (Wildman–Crippen MR) is 104 cm³/mol. The van der Waals surface area contributed by atoms with E-state index in [2.05, 4.69) is 42.0 Å². The summed E-state index contributed by atoms with van der Waals surface area (Å²) in [7, 11) is 0. The van der Waals surface area contributed by atoms with Crippen LogP contribution in [-0.4, -0.2) is 20.9 Å². The number of nitrogens with zero attached hydrogens (tertiary/aromatic N) is 3. The van der Waals surface area contributed by atoms with Crippen LogP contribution in [0.2, 0.25) is 0 Å². The van der Waals surface area contributed by atoms with Gasteiger partial charge in [-0.2, -0.15) is 4.98 Å². The molecule has 1 fully saturated rings. The van der Waals surface area contributed by atoms with Gasteiger partial charge < -0.3 is 9.42 Å². The minimum atomic E-state index is -0.181. The Morgan fingerprint density at radius 3 is 2.69 bits per heavy atom. The highest BCUT2D eigenvalue weighted by Gasteiger charge is 2.36. The summed E-state index contributed by atoms with van der Waals surface area (Å²) in [6.45, 7) is 0.533. The number of carbonyl (C=O) groups is 1. The molecule has 1 aromatic heterocycles. The van der Waals surface area contributed by atoms with E-state index in [4.69, 9.17) is 4.52 Å². The van der Waals surface area contributed by atoms with Gasteiger partial charge >= 0.3 is 0 Å². The normalized spacial score (nSPS) is 17.1. The molecule has 1 aliphatic rings. The molecule has 7 heteroatoms. The smallest absolute Gasteiger partial charge is 0.249 e. The molecule has 1 unspecified atom stereocenters. The standard InChI is InChI=1S/C19H15Br2N3O2/c20-14-6-4-12(5-7-14)11-24-16(8-9-17(24)25)19-22-18(23-26-19)13-2-1-3-15(21)10-13/h1-7,10,16H,8-9,11H2. The lowest BCUT2D eigenvalue weighted by molar-refractivity contribution is -0.129. The SMILES string of the molecule is O=C1CCC(c2nc(-c3cccc(Br)c3)no2)N1Cc1ccc(Br)cc1. The first-order valence-electron chi connectivity index (χ1n) is 8.23. The highest BCUT2D eigenvalue weighted by atomic mass is 79.9. The van der Waals surface area contributed by atoms with E-state index in [1.165, 1.54) is 0 Å². The molecule has 4 rings (SSSR count). The van der Waals surface area contributed by atoms with Crippen molar-refractivity contribution < 1.29 is 9.32 Å². The third kappa shape index (κ3) is 3.59. The molecular weight excluding hydrogens is 462 g/mol. The lowest BCUT2D eigenvalue weighted by atomic mass is 10.2. The van der Waals surface area contributed by atoms with Crippen LogP contribution in [0, 0.1) is 0 Å². The van der Waals surface area contributed by atoms with Crippen molar-refractivity contribution in [3.8, 4) is 11.4 Å². The van der Waals surface area contributed by atoms with Crippen LogP contribution >= 0.6 is 31.9 Å². The molecule has 5 nitrogen and oxygen atoms in total. The van der Waals surface area contributed by atoms with Crippen molar-refractivity contribution in [2.45, 2.75) is 25.4 Å². The maximum absolute atomic E-state index is 12.4. The molecule has 0 bridgehead atoms. The van der Waals surface area contributed by atoms with Gasteiger partial charge in [-0.05, 0) is 36.2 Å². The Morgan fingerprint density at radius 2 is 1.92 bits per heavy atom. The first-order chi connectivity index (χ1) is 12.6. The Hall–Kier alpha value is -1.99. The number of hydrogen-bond acceptors (Lipinski definition) is 4. The molecular formula is C19H15Br2N3O2. The van der Waals surface area contributed by atoms with Gasteiger partial charge in [0.15, 0.2) is 0 Å². The van der Waals surface area contributed by atoms with Crippen LogP contribution in [0.15, 0.2) is 62.0 Å². The summed E-state index contributed by atoms with van der Waals surface area (Å²) in [4.78, 5) is 18.7. The quantitative estimate of drug-likeness (QED) is 0.524. The summed E-state index contributed by atoms with van der Waals surface area (Å²) in [5.41, 5.74) is 1.94. The van der Waals surface area contributed by atoms with Crippen molar-refractivity contribution in [1.82, 2.24) is 15.0 Å². The van der Waals surface area contributed by atoms with Crippen LogP contribution in [0.4, 0.5) is 0 Å². The Bertz CT molecular complexity index is 940. The zero-order valence-electron chi connectivity index (χ0n) is 13.7. The number of aromatic nitrogens is 2. The van der Waals surface area contributed by atoms with Gasteiger partial charge in [0.05, 0.1) is 0 Å². The third-order valence-electron chi connectivity index (χ3n) is 4.40. The maximum atomic E-state index is 12.4. The molecule has 3 aromatic rings. The summed E-state index contributed by atoms with van der Waals surface area (Å²) in [6, 6.07) is 15.5. The summed E-state index contributed by atoms with van der Waals surface area (Å²) in [6.07, 6.45) is 1.19. The largest absolute Gasteiger partial charge is 0.337 e. The Balaban J connectivity index is 1.58. The van der Waals surface area contributed by atoms with Crippen LogP contribution in [0.1, 0.15) is 30.3 Å². The first-order valence-corrected chi connectivity index (χ1v) is 9.82. The van der Waals surface area contributed by atoms with Gasteiger partial charge in [-0.25, -0.2) is 0 Å². The van der Waals surface area contributed by atoms with E-state index < -0.39 is 0 Å². The minimum Gasteiger partial charge on any atom is -0.337 e. The van der Waals surface area contributed by atoms with Gasteiger partial charge in [-0.15, -0.1) is 0 Å². The van der Waals surface area contributed by atoms with Crippen LogP contribution in [0.25, 0.3) is 11.4 Å². The van der Waals surface area contributed by atoms with Crippen LogP contribution < -0.4 is 0 Å². The number of likely N-dealkylation sites (tertiary alicyclic amines) is 1. The van der Waals surface area contributed by atoms with E-state index >= 15 is 0 Å². The topological polar surface area (TPSA) is 59.2 Å². The molecule has 0 N–H and O–H groups in total. The van der Waals surface area contributed by atoms with Crippen LogP contribution in [0.3, 0.4) is 0 Å². The van der Waals surface area contributed by atoms with Gasteiger partial charge in [0.25, 0.3) is 0 Å². The average molecular weight is 477 g/mol. The van der Waals surface area contributed by atoms with E-state index in [1.807, 2.05) is 53.4 Å². The molecule has 1 atom stereocenters. The number of benzene rings is 2. The molecule has 0 saturated carbocycles. The number of hydrogen-bond donors (Lipinski definition) is 0. The van der Waals surface area contributed by atoms with E-state index in [1.54, 1.807) is 0 Å². The average Bonchev–Trinajstić information content (AvgIpc) is 3.25. The van der Waals surface area contributed by atoms with Gasteiger partial charge in [-0.3, -0.25) is 4.79 Å². The Kier molecular flexibility index (Phi) is 4.91. The molecule has 0 aliphatic carbocycles. The fourth-order valence-corrected chi connectivity index (χ4v) is 3.75. The highest BCUT2D eigenvalue weighted by molar-refractivity contribution is 9.10. The maximum Gasteiger partial charge on any atom is 0.249 e. The molecule has 0 radical (unpaired) electrons. The minimum absolute atomic E-state index is 0.111. The highest BCUT2D eigenvalue weighted by Crippen LogP contribution is 2.34. The number of carbonyl (C=O) groups excluding carboxylic acids is 1. The van der Waals surface area contributed by atoms with E-state index in [-0.39, 0.29) is 11.9 Å². The molecule has 0 spiro atoms. The summed E-state index contributed by atoms with van der Waals surface area (Å²) in [5.74, 6) is 1.13. The second-order valence-corrected chi connectivity index (χ2v) is 8.00. The summed E-state index contributed by atoms with van der Waals surface area (Å²) in [5, 5.41) is 4.10. The molecule has 1 saturated heterocycles. The molecule has 1 aliphatic heterocycles. The van der Waals surface area contributed by atoms with Crippen molar-refractivity contribution in [1.29, 1.82) is 0 Å². The lowest BCUT2D eigenvalue weighted by Crippen LogP contribution is -2.27. The zero-order chi connectivity index (χ0) is 18.1. The number of halogens is 2. The molecule has 2 heterocycles. The van der Waals surface area contributed by atoms with Gasteiger partial charge in [0.2, 0.25) is 17.6 Å². The zero-order valence-corrected chi connectivity index (χ0v) is 16.9. The first kappa shape index (κ1) is 17.4. The third-order valence-corrected chi connectivity index (χ3v) is 5.43. The van der Waals surface area contributed by atoms with E-state index in [9.17, 15) is 4.79 Å². The van der Waals surface area contributed by atoms with Gasteiger partial charge in [-0.1, -0.05) is 61.3 Å². The summed E-state index contributed by atoms with van der Waals surface area (Å²) >= 11 is 6.88. The molecule has 1 amide bonds. The lowest BCUT2D eigenvalue weighted by Gasteiger charge is -2.22. The summed E-state index contributed by atoms with van der Waals surface area (Å²) < 4.78 is 7.47. The van der Waals surface area contributed by atoms with E-state index in [0.29, 0.717) is 31.1 Å². The Labute approximate surface area is 167 Å². The monoisotopic (exact) mass is 475 g/mol. The molecule has 2 aromatic carbocycles. The predicted octanol–water partition coefficient (Wildman–Crippen LogP) is 5.13. The molecule has 26 heavy (non-hydrogen) atoms. The van der Waals surface area contributed by atoms with Gasteiger partial charge in [0, 0.05) is 27.5 Å². The van der Waals surface area contributed by atoms with Crippen molar-refractivity contribution in [3.63, 3.8) is 0 Å². The van der Waals surface area contributed by atoms with E-state index in [0.717, 1.165) is 20.1 Å². The Morgan fingerprint density at radius 1 is 1.12 bits per heavy atom. The second-order valence-electron chi connectivity index (χ2n) is 6.17. The van der Waals surface area contributed by atoms with Crippen molar-refractivity contribution in [2.75, 3.05) is 0 Å². The number of amides is 1. The van der Waals surface area contributed by atoms with Crippen molar-refractivity contribution in [2.24, 2.45) is 0 Å². The fraction of sp³-hybridized carbons (Fsp3) is 0.211. The number of rotatable bonds is 4. The van der Waals surface area contributed by atoms with Crippen molar-refractivity contribution in [3.05, 3.63) is 68.9 Å². The van der Waals surface area contributed by atoms with Gasteiger partial charge in [0.1, 0.15) is 6.04 Å².